The molecule has 1 rings (SSSR count). The second-order valence-corrected chi connectivity index (χ2v) is 5.85. The molecule has 0 spiro atoms. The molecule has 9 nitrogen and oxygen atoms in total. The highest BCUT2D eigenvalue weighted by Crippen LogP contribution is 2.17. The highest BCUT2D eigenvalue weighted by molar-refractivity contribution is 5.73. The van der Waals surface area contributed by atoms with Crippen molar-refractivity contribution in [3.63, 3.8) is 0 Å². The SMILES string of the molecule is CCC(O)CC(O)C(COC1C=CC(O)C(O)C1O)NC(=O)NC. The minimum absolute atomic E-state index is 0.0545. The Hall–Kier alpha value is -1.23. The fourth-order valence-electron chi connectivity index (χ4n) is 2.32. The van der Waals surface area contributed by atoms with Crippen LogP contribution in [0.15, 0.2) is 12.2 Å². The summed E-state index contributed by atoms with van der Waals surface area (Å²) in [6.07, 6.45) is -3.32. The van der Waals surface area contributed by atoms with Gasteiger partial charge in [-0.05, 0) is 6.42 Å². The Morgan fingerprint density at radius 2 is 1.88 bits per heavy atom. The van der Waals surface area contributed by atoms with E-state index < -0.39 is 48.7 Å². The summed E-state index contributed by atoms with van der Waals surface area (Å²) in [5, 5.41) is 53.7. The van der Waals surface area contributed by atoms with Crippen molar-refractivity contribution >= 4 is 6.03 Å². The first-order valence-corrected chi connectivity index (χ1v) is 7.98. The molecular weight excluding hydrogens is 320 g/mol. The number of amides is 2. The Morgan fingerprint density at radius 1 is 1.21 bits per heavy atom. The Morgan fingerprint density at radius 3 is 2.46 bits per heavy atom. The van der Waals surface area contributed by atoms with E-state index in [1.54, 1.807) is 6.92 Å². The summed E-state index contributed by atoms with van der Waals surface area (Å²) in [5.41, 5.74) is 0. The number of ether oxygens (including phenoxy) is 1. The van der Waals surface area contributed by atoms with Crippen LogP contribution in [0, 0.1) is 0 Å². The average Bonchev–Trinajstić information content (AvgIpc) is 2.57. The minimum Gasteiger partial charge on any atom is -0.393 e. The molecule has 7 N–H and O–H groups in total. The number of urea groups is 1. The molecule has 0 saturated heterocycles. The van der Waals surface area contributed by atoms with Crippen LogP contribution in [-0.2, 0) is 4.74 Å². The molecule has 0 fully saturated rings. The Labute approximate surface area is 140 Å². The van der Waals surface area contributed by atoms with Crippen LogP contribution in [0.2, 0.25) is 0 Å². The molecule has 9 heteroatoms. The lowest BCUT2D eigenvalue weighted by Crippen LogP contribution is -2.52. The first-order chi connectivity index (χ1) is 11.3. The summed E-state index contributed by atoms with van der Waals surface area (Å²) >= 11 is 0. The number of aliphatic hydroxyl groups excluding tert-OH is 5. The maximum absolute atomic E-state index is 11.5. The van der Waals surface area contributed by atoms with Gasteiger partial charge in [0.25, 0.3) is 0 Å². The van der Waals surface area contributed by atoms with Crippen LogP contribution in [0.25, 0.3) is 0 Å². The summed E-state index contributed by atoms with van der Waals surface area (Å²) in [6, 6.07) is -1.35. The Kier molecular flexibility index (Phi) is 8.60. The lowest BCUT2D eigenvalue weighted by molar-refractivity contribution is -0.113. The van der Waals surface area contributed by atoms with Gasteiger partial charge in [0.15, 0.2) is 0 Å². The zero-order valence-electron chi connectivity index (χ0n) is 13.9. The third-order valence-corrected chi connectivity index (χ3v) is 4.00. The number of carbonyl (C=O) groups excluding carboxylic acids is 1. The maximum Gasteiger partial charge on any atom is 0.314 e. The number of aliphatic hydroxyl groups is 5. The normalized spacial score (nSPS) is 30.5. The van der Waals surface area contributed by atoms with Crippen molar-refractivity contribution in [1.29, 1.82) is 0 Å². The van der Waals surface area contributed by atoms with Crippen LogP contribution in [0.4, 0.5) is 4.79 Å². The number of carbonyl (C=O) groups is 1. The third kappa shape index (κ3) is 6.00. The van der Waals surface area contributed by atoms with Crippen LogP contribution in [0.5, 0.6) is 0 Å². The zero-order chi connectivity index (χ0) is 18.3. The Balaban J connectivity index is 2.67. The summed E-state index contributed by atoms with van der Waals surface area (Å²) in [7, 11) is 1.42. The van der Waals surface area contributed by atoms with Gasteiger partial charge in [-0.1, -0.05) is 19.1 Å². The molecule has 1 aliphatic rings. The maximum atomic E-state index is 11.5. The monoisotopic (exact) mass is 348 g/mol. The predicted molar refractivity (Wildman–Crippen MR) is 85.2 cm³/mol. The van der Waals surface area contributed by atoms with Crippen molar-refractivity contribution in [3.8, 4) is 0 Å². The molecule has 0 aromatic carbocycles. The van der Waals surface area contributed by atoms with Gasteiger partial charge in [-0.15, -0.1) is 0 Å². The fraction of sp³-hybridized carbons (Fsp3) is 0.800. The van der Waals surface area contributed by atoms with Crippen molar-refractivity contribution in [2.24, 2.45) is 0 Å². The van der Waals surface area contributed by atoms with E-state index >= 15 is 0 Å². The molecule has 1 aliphatic carbocycles. The summed E-state index contributed by atoms with van der Waals surface area (Å²) in [6.45, 7) is 1.62. The van der Waals surface area contributed by atoms with Crippen molar-refractivity contribution in [3.05, 3.63) is 12.2 Å². The molecule has 0 aliphatic heterocycles. The van der Waals surface area contributed by atoms with E-state index in [1.165, 1.54) is 19.2 Å². The molecular formula is C15H28N2O7. The van der Waals surface area contributed by atoms with Crippen molar-refractivity contribution in [1.82, 2.24) is 10.6 Å². The first-order valence-electron chi connectivity index (χ1n) is 7.98. The molecule has 0 radical (unpaired) electrons. The molecule has 0 aromatic heterocycles. The van der Waals surface area contributed by atoms with Gasteiger partial charge >= 0.3 is 6.03 Å². The molecule has 24 heavy (non-hydrogen) atoms. The summed E-state index contributed by atoms with van der Waals surface area (Å²) in [5.74, 6) is 0. The van der Waals surface area contributed by atoms with E-state index in [4.69, 9.17) is 4.74 Å². The van der Waals surface area contributed by atoms with E-state index in [1.807, 2.05) is 0 Å². The van der Waals surface area contributed by atoms with Gasteiger partial charge in [0.2, 0.25) is 0 Å². The minimum atomic E-state index is -1.38. The van der Waals surface area contributed by atoms with Crippen LogP contribution < -0.4 is 10.6 Å². The van der Waals surface area contributed by atoms with Crippen LogP contribution >= 0.6 is 0 Å². The average molecular weight is 348 g/mol. The van der Waals surface area contributed by atoms with Gasteiger partial charge in [0.05, 0.1) is 24.9 Å². The quantitative estimate of drug-likeness (QED) is 0.247. The van der Waals surface area contributed by atoms with Gasteiger partial charge in [0.1, 0.15) is 24.4 Å². The number of hydrogen-bond donors (Lipinski definition) is 7. The van der Waals surface area contributed by atoms with Gasteiger partial charge in [-0.3, -0.25) is 0 Å². The van der Waals surface area contributed by atoms with Crippen LogP contribution in [0.1, 0.15) is 19.8 Å². The first kappa shape index (κ1) is 20.8. The van der Waals surface area contributed by atoms with Crippen LogP contribution in [-0.4, -0.2) is 87.9 Å². The number of nitrogens with one attached hydrogen (secondary N) is 2. The van der Waals surface area contributed by atoms with Gasteiger partial charge < -0.3 is 40.9 Å². The van der Waals surface area contributed by atoms with E-state index in [0.717, 1.165) is 0 Å². The second kappa shape index (κ2) is 9.92. The summed E-state index contributed by atoms with van der Waals surface area (Å²) < 4.78 is 5.47. The molecule has 0 aromatic rings. The van der Waals surface area contributed by atoms with E-state index in [-0.39, 0.29) is 13.0 Å². The van der Waals surface area contributed by atoms with E-state index in [0.29, 0.717) is 6.42 Å². The molecule has 0 saturated carbocycles. The lowest BCUT2D eigenvalue weighted by Gasteiger charge is -2.32. The molecule has 7 unspecified atom stereocenters. The van der Waals surface area contributed by atoms with E-state index in [9.17, 15) is 30.3 Å². The molecule has 0 heterocycles. The predicted octanol–water partition coefficient (Wildman–Crippen LogP) is -2.16. The standard InChI is InChI=1S/C15H28N2O7/c1-3-8(18)6-11(20)9(17-15(23)16-2)7-24-12-5-4-10(19)13(21)14(12)22/h4-5,8-14,18-22H,3,6-7H2,1-2H3,(H2,16,17,23). The summed E-state index contributed by atoms with van der Waals surface area (Å²) in [4.78, 5) is 11.5. The van der Waals surface area contributed by atoms with Crippen molar-refractivity contribution in [2.45, 2.75) is 62.4 Å². The van der Waals surface area contributed by atoms with Gasteiger partial charge in [-0.2, -0.15) is 0 Å². The smallest absolute Gasteiger partial charge is 0.314 e. The largest absolute Gasteiger partial charge is 0.393 e. The number of rotatable bonds is 8. The lowest BCUT2D eigenvalue weighted by atomic mass is 9.96. The zero-order valence-corrected chi connectivity index (χ0v) is 13.9. The van der Waals surface area contributed by atoms with Gasteiger partial charge in [0, 0.05) is 13.5 Å². The molecule has 0 bridgehead atoms. The molecule has 2 amide bonds. The highest BCUT2D eigenvalue weighted by Gasteiger charge is 2.34. The van der Waals surface area contributed by atoms with Gasteiger partial charge in [-0.25, -0.2) is 4.79 Å². The van der Waals surface area contributed by atoms with E-state index in [2.05, 4.69) is 10.6 Å². The fourth-order valence-corrected chi connectivity index (χ4v) is 2.32. The second-order valence-electron chi connectivity index (χ2n) is 5.85. The van der Waals surface area contributed by atoms with Crippen molar-refractivity contribution < 1.29 is 35.1 Å². The molecule has 140 valence electrons. The third-order valence-electron chi connectivity index (χ3n) is 4.00. The van der Waals surface area contributed by atoms with Crippen LogP contribution in [0.3, 0.4) is 0 Å². The highest BCUT2D eigenvalue weighted by atomic mass is 16.5. The topological polar surface area (TPSA) is 152 Å². The molecule has 7 atom stereocenters. The number of hydrogen-bond acceptors (Lipinski definition) is 7. The van der Waals surface area contributed by atoms with Crippen molar-refractivity contribution in [2.75, 3.05) is 13.7 Å². The Bertz CT molecular complexity index is 421.